The number of carbonyl (C=O) groups excluding carboxylic acids is 4. The Kier molecular flexibility index (Phi) is 12.9. The van der Waals surface area contributed by atoms with Crippen molar-refractivity contribution in [3.8, 4) is 11.5 Å². The van der Waals surface area contributed by atoms with Gasteiger partial charge in [0.2, 0.25) is 11.8 Å². The van der Waals surface area contributed by atoms with Gasteiger partial charge in [-0.3, -0.25) is 15.0 Å². The van der Waals surface area contributed by atoms with Crippen LogP contribution in [0.1, 0.15) is 82.3 Å². The number of hydrogen-bond acceptors (Lipinski definition) is 8. The van der Waals surface area contributed by atoms with Crippen molar-refractivity contribution in [2.75, 3.05) is 23.7 Å². The van der Waals surface area contributed by atoms with Crippen LogP contribution in [-0.2, 0) is 16.1 Å². The number of primary amides is 1. The predicted molar refractivity (Wildman–Crippen MR) is 203 cm³/mol. The number of nitrogens with two attached hydrogens (primary N) is 1. The Bertz CT molecular complexity index is 1790. The number of unbranched alkanes of at least 4 members (excludes halogenated alkanes) is 3. The minimum atomic E-state index is -0.894. The molecule has 2 fully saturated rings. The Morgan fingerprint density at radius 2 is 1.71 bits per heavy atom. The van der Waals surface area contributed by atoms with Crippen molar-refractivity contribution >= 4 is 58.1 Å². The highest BCUT2D eigenvalue weighted by Gasteiger charge is 2.42. The number of anilines is 1. The lowest BCUT2D eigenvalue weighted by Gasteiger charge is -2.23. The topological polar surface area (TPSA) is 215 Å². The van der Waals surface area contributed by atoms with E-state index < -0.39 is 6.03 Å². The summed E-state index contributed by atoms with van der Waals surface area (Å²) in [6.45, 7) is 5.30. The van der Waals surface area contributed by atoms with E-state index in [0.29, 0.717) is 49.0 Å². The summed E-state index contributed by atoms with van der Waals surface area (Å²) in [5.74, 6) is 0.125. The number of aromatic hydroxyl groups is 2. The van der Waals surface area contributed by atoms with Crippen LogP contribution in [0.5, 0.6) is 11.5 Å². The maximum absolute atomic E-state index is 12.5. The fourth-order valence-electron chi connectivity index (χ4n) is 6.84. The number of amidine groups is 1. The molecule has 0 radical (unpaired) electrons. The van der Waals surface area contributed by atoms with Crippen molar-refractivity contribution in [3.05, 3.63) is 53.7 Å². The molecule has 5 rings (SSSR count). The van der Waals surface area contributed by atoms with Crippen LogP contribution in [0.25, 0.3) is 10.9 Å². The minimum Gasteiger partial charge on any atom is -0.508 e. The zero-order valence-corrected chi connectivity index (χ0v) is 30.6. The second-order valence-electron chi connectivity index (χ2n) is 13.7. The third-order valence-corrected chi connectivity index (χ3v) is 11.1. The van der Waals surface area contributed by atoms with Gasteiger partial charge in [0.15, 0.2) is 0 Å². The van der Waals surface area contributed by atoms with Gasteiger partial charge in [-0.15, -0.1) is 0 Å². The highest BCUT2D eigenvalue weighted by molar-refractivity contribution is 8.00. The highest BCUT2D eigenvalue weighted by atomic mass is 32.2. The van der Waals surface area contributed by atoms with E-state index in [2.05, 4.69) is 21.3 Å². The van der Waals surface area contributed by atoms with E-state index in [0.717, 1.165) is 66.1 Å². The number of urea groups is 2. The molecule has 3 atom stereocenters. The molecule has 9 N–H and O–H groups in total. The number of benzene rings is 2. The molecular formula is C37H50N8O6S. The molecule has 3 aromatic rings. The van der Waals surface area contributed by atoms with Crippen LogP contribution < -0.4 is 31.9 Å². The average Bonchev–Trinajstić information content (AvgIpc) is 3.78. The second-order valence-corrected chi connectivity index (χ2v) is 15.0. The molecule has 2 aliphatic rings. The van der Waals surface area contributed by atoms with Gasteiger partial charge in [0.05, 0.1) is 23.3 Å². The monoisotopic (exact) mass is 734 g/mol. The molecule has 14 nitrogen and oxygen atoms in total. The molecule has 6 amide bonds. The van der Waals surface area contributed by atoms with Gasteiger partial charge in [-0.05, 0) is 67.5 Å². The van der Waals surface area contributed by atoms with Crippen LogP contribution in [0.4, 0.5) is 15.3 Å². The highest BCUT2D eigenvalue weighted by Crippen LogP contribution is 2.35. The van der Waals surface area contributed by atoms with Gasteiger partial charge < -0.3 is 41.8 Å². The summed E-state index contributed by atoms with van der Waals surface area (Å²) in [5, 5.41) is 42.5. The van der Waals surface area contributed by atoms with E-state index in [1.165, 1.54) is 6.07 Å². The number of aromatic nitrogens is 1. The summed E-state index contributed by atoms with van der Waals surface area (Å²) >= 11 is 1.89. The molecule has 2 saturated heterocycles. The molecule has 0 aliphatic carbocycles. The second kappa shape index (κ2) is 17.5. The maximum atomic E-state index is 12.5. The van der Waals surface area contributed by atoms with Crippen molar-refractivity contribution in [3.63, 3.8) is 0 Å². The number of hydrogen-bond donors (Lipinski definition) is 8. The largest absolute Gasteiger partial charge is 0.508 e. The van der Waals surface area contributed by atoms with E-state index in [4.69, 9.17) is 11.1 Å². The molecule has 3 unspecified atom stereocenters. The smallest absolute Gasteiger partial charge is 0.325 e. The van der Waals surface area contributed by atoms with Crippen molar-refractivity contribution in [1.29, 1.82) is 5.41 Å². The van der Waals surface area contributed by atoms with Crippen LogP contribution in [0.3, 0.4) is 0 Å². The molecule has 0 bridgehead atoms. The van der Waals surface area contributed by atoms with Gasteiger partial charge in [-0.1, -0.05) is 26.7 Å². The van der Waals surface area contributed by atoms with E-state index in [9.17, 15) is 29.4 Å². The average molecular weight is 735 g/mol. The van der Waals surface area contributed by atoms with Crippen LogP contribution in [0.15, 0.2) is 42.6 Å². The zero-order chi connectivity index (χ0) is 37.4. The van der Waals surface area contributed by atoms with Crippen molar-refractivity contribution in [2.24, 2.45) is 5.73 Å². The number of carbonyl (C=O) groups is 4. The Morgan fingerprint density at radius 3 is 2.44 bits per heavy atom. The first-order valence-corrected chi connectivity index (χ1v) is 19.0. The first-order valence-electron chi connectivity index (χ1n) is 18.0. The van der Waals surface area contributed by atoms with Crippen molar-refractivity contribution in [1.82, 2.24) is 25.8 Å². The number of amides is 6. The lowest BCUT2D eigenvalue weighted by atomic mass is 9.98. The fourth-order valence-corrected chi connectivity index (χ4v) is 8.38. The number of rotatable bonds is 17. The molecular weight excluding hydrogens is 685 g/mol. The van der Waals surface area contributed by atoms with Gasteiger partial charge >= 0.3 is 12.1 Å². The van der Waals surface area contributed by atoms with Crippen LogP contribution in [0.2, 0.25) is 0 Å². The molecule has 0 saturated carbocycles. The number of nitrogens with one attached hydrogen (secondary N) is 5. The van der Waals surface area contributed by atoms with Crippen molar-refractivity contribution in [2.45, 2.75) is 95.0 Å². The standard InChI is InChI=1S/C37H50N8O6S/c1-22(2)25-19-26(30(47)20-29(25)46)35(38)45(36(39)50)24-11-12-28-23(18-24)13-16-44(28)17-15-41-33(49)9-4-3-7-14-40-32(48)10-6-5-8-31-34-27(21-52-31)42-37(51)43-34/h11-13,16,18-20,22,27,31,34,38,46-47H,3-10,14-15,17,21H2,1-2H3,(H2,39,50)(H,40,48)(H,41,49)(H2,42,43,51). The van der Waals surface area contributed by atoms with Gasteiger partial charge in [0.25, 0.3) is 0 Å². The van der Waals surface area contributed by atoms with E-state index in [1.54, 1.807) is 12.1 Å². The first kappa shape index (κ1) is 38.3. The molecule has 15 heteroatoms. The maximum Gasteiger partial charge on any atom is 0.325 e. The van der Waals surface area contributed by atoms with Gasteiger partial charge in [0, 0.05) is 66.6 Å². The number of fused-ring (bicyclic) bond motifs is 2. The van der Waals surface area contributed by atoms with Crippen LogP contribution >= 0.6 is 11.8 Å². The molecule has 52 heavy (non-hydrogen) atoms. The van der Waals surface area contributed by atoms with Crippen LogP contribution in [-0.4, -0.2) is 80.7 Å². The molecule has 1 aromatic heterocycles. The molecule has 2 aromatic carbocycles. The van der Waals surface area contributed by atoms with E-state index in [1.807, 2.05) is 48.5 Å². The molecule has 280 valence electrons. The summed E-state index contributed by atoms with van der Waals surface area (Å²) in [6.07, 6.45) is 7.95. The summed E-state index contributed by atoms with van der Waals surface area (Å²) in [6, 6.07) is 9.19. The minimum absolute atomic E-state index is 0.0313. The number of nitrogens with zero attached hydrogens (tertiary/aromatic N) is 2. The zero-order valence-electron chi connectivity index (χ0n) is 29.7. The van der Waals surface area contributed by atoms with Gasteiger partial charge in [0.1, 0.15) is 17.3 Å². The van der Waals surface area contributed by atoms with E-state index in [-0.39, 0.29) is 58.7 Å². The Morgan fingerprint density at radius 1 is 0.981 bits per heavy atom. The fraction of sp³-hybridized carbons (Fsp3) is 0.486. The lowest BCUT2D eigenvalue weighted by molar-refractivity contribution is -0.122. The van der Waals surface area contributed by atoms with E-state index >= 15 is 0 Å². The SMILES string of the molecule is CC(C)c1cc(C(=N)N(C(N)=O)c2ccc3c(ccn3CCNC(=O)CCCCCNC(=O)CCCCC3SCC4NC(=O)NC43)c2)c(O)cc1O. The predicted octanol–water partition coefficient (Wildman–Crippen LogP) is 4.61. The van der Waals surface area contributed by atoms with Crippen LogP contribution in [0, 0.1) is 5.41 Å². The summed E-state index contributed by atoms with van der Waals surface area (Å²) < 4.78 is 1.98. The quantitative estimate of drug-likeness (QED) is 0.0426. The Balaban J connectivity index is 0.983. The van der Waals surface area contributed by atoms with Gasteiger partial charge in [-0.25, -0.2) is 14.5 Å². The number of thioether (sulfide) groups is 1. The molecule has 2 aliphatic heterocycles. The summed E-state index contributed by atoms with van der Waals surface area (Å²) in [7, 11) is 0. The third-order valence-electron chi connectivity index (χ3n) is 9.64. The lowest BCUT2D eigenvalue weighted by Crippen LogP contribution is -2.41. The number of phenols is 2. The Labute approximate surface area is 307 Å². The molecule has 0 spiro atoms. The number of phenolic OH excluding ortho intramolecular Hbond substituents is 2. The van der Waals surface area contributed by atoms with Gasteiger partial charge in [-0.2, -0.15) is 11.8 Å². The molecule has 3 heterocycles. The summed E-state index contributed by atoms with van der Waals surface area (Å²) in [5.41, 5.74) is 7.50. The summed E-state index contributed by atoms with van der Waals surface area (Å²) in [4.78, 5) is 49.7. The normalized spacial score (nSPS) is 17.8. The third kappa shape index (κ3) is 9.49. The Hall–Kier alpha value is -4.92. The van der Waals surface area contributed by atoms with Crippen molar-refractivity contribution < 1.29 is 29.4 Å². The first-order chi connectivity index (χ1) is 24.9.